The molecule has 0 saturated heterocycles. The summed E-state index contributed by atoms with van der Waals surface area (Å²) < 4.78 is 10.5. The van der Waals surface area contributed by atoms with Crippen LogP contribution in [0.25, 0.3) is 0 Å². The first-order valence-electron chi connectivity index (χ1n) is 6.27. The molecule has 0 spiro atoms. The minimum Gasteiger partial charge on any atom is -0.496 e. The van der Waals surface area contributed by atoms with Crippen molar-refractivity contribution in [2.75, 3.05) is 12.8 Å². The standard InChI is InChI=1S/C16H17NO3/c1-11-7-8-15(19-2)12(9-11)10-20-16(18)13-5-3-4-6-14(13)17/h3-9H,10,17H2,1-2H3. The Bertz CT molecular complexity index is 623. The van der Waals surface area contributed by atoms with Gasteiger partial charge in [0, 0.05) is 11.3 Å². The van der Waals surface area contributed by atoms with Gasteiger partial charge in [-0.2, -0.15) is 0 Å². The van der Waals surface area contributed by atoms with Crippen LogP contribution >= 0.6 is 0 Å². The number of carbonyl (C=O) groups excluding carboxylic acids is 1. The molecule has 2 aromatic rings. The summed E-state index contributed by atoms with van der Waals surface area (Å²) in [6, 6.07) is 12.6. The number of methoxy groups -OCH3 is 1. The van der Waals surface area contributed by atoms with Gasteiger partial charge in [0.2, 0.25) is 0 Å². The molecule has 4 nitrogen and oxygen atoms in total. The van der Waals surface area contributed by atoms with E-state index in [0.717, 1.165) is 11.1 Å². The van der Waals surface area contributed by atoms with E-state index in [0.29, 0.717) is 17.0 Å². The number of nitrogen functional groups attached to an aromatic ring is 1. The van der Waals surface area contributed by atoms with Gasteiger partial charge < -0.3 is 15.2 Å². The van der Waals surface area contributed by atoms with Crippen LogP contribution in [0.3, 0.4) is 0 Å². The lowest BCUT2D eigenvalue weighted by atomic mass is 10.1. The third-order valence-corrected chi connectivity index (χ3v) is 2.98. The van der Waals surface area contributed by atoms with Crippen LogP contribution in [0.15, 0.2) is 42.5 Å². The zero-order chi connectivity index (χ0) is 14.5. The Balaban J connectivity index is 2.11. The Labute approximate surface area is 118 Å². The minimum atomic E-state index is -0.438. The third-order valence-electron chi connectivity index (χ3n) is 2.98. The summed E-state index contributed by atoms with van der Waals surface area (Å²) >= 11 is 0. The van der Waals surface area contributed by atoms with E-state index in [1.165, 1.54) is 0 Å². The quantitative estimate of drug-likeness (QED) is 0.686. The Morgan fingerprint density at radius 3 is 2.65 bits per heavy atom. The number of carbonyl (C=O) groups is 1. The van der Waals surface area contributed by atoms with Crippen molar-refractivity contribution in [3.8, 4) is 5.75 Å². The van der Waals surface area contributed by atoms with Crippen LogP contribution in [0.4, 0.5) is 5.69 Å². The molecule has 2 N–H and O–H groups in total. The topological polar surface area (TPSA) is 61.5 Å². The zero-order valence-corrected chi connectivity index (χ0v) is 11.6. The lowest BCUT2D eigenvalue weighted by molar-refractivity contribution is 0.0471. The Morgan fingerprint density at radius 2 is 1.95 bits per heavy atom. The molecule has 2 rings (SSSR count). The van der Waals surface area contributed by atoms with Gasteiger partial charge in [-0.3, -0.25) is 0 Å². The van der Waals surface area contributed by atoms with Crippen LogP contribution in [0.2, 0.25) is 0 Å². The van der Waals surface area contributed by atoms with Crippen molar-refractivity contribution in [3.05, 3.63) is 59.2 Å². The molecule has 4 heteroatoms. The highest BCUT2D eigenvalue weighted by Crippen LogP contribution is 2.21. The van der Waals surface area contributed by atoms with Crippen LogP contribution in [0.1, 0.15) is 21.5 Å². The first kappa shape index (κ1) is 13.9. The SMILES string of the molecule is COc1ccc(C)cc1COC(=O)c1ccccc1N. The highest BCUT2D eigenvalue weighted by molar-refractivity contribution is 5.94. The summed E-state index contributed by atoms with van der Waals surface area (Å²) in [4.78, 5) is 12.0. The highest BCUT2D eigenvalue weighted by atomic mass is 16.5. The first-order chi connectivity index (χ1) is 9.61. The van der Waals surface area contributed by atoms with Crippen molar-refractivity contribution in [1.82, 2.24) is 0 Å². The number of hydrogen-bond acceptors (Lipinski definition) is 4. The molecular formula is C16H17NO3. The highest BCUT2D eigenvalue weighted by Gasteiger charge is 2.12. The fraction of sp³-hybridized carbons (Fsp3) is 0.188. The fourth-order valence-corrected chi connectivity index (χ4v) is 1.92. The van der Waals surface area contributed by atoms with Crippen molar-refractivity contribution in [2.24, 2.45) is 0 Å². The molecule has 0 aliphatic carbocycles. The summed E-state index contributed by atoms with van der Waals surface area (Å²) in [6.45, 7) is 2.12. The number of esters is 1. The van der Waals surface area contributed by atoms with Crippen molar-refractivity contribution in [2.45, 2.75) is 13.5 Å². The summed E-state index contributed by atoms with van der Waals surface area (Å²) in [5.41, 5.74) is 8.44. The van der Waals surface area contributed by atoms with E-state index in [1.54, 1.807) is 31.4 Å². The molecule has 0 heterocycles. The van der Waals surface area contributed by atoms with Gasteiger partial charge in [-0.25, -0.2) is 4.79 Å². The first-order valence-corrected chi connectivity index (χ1v) is 6.27. The van der Waals surface area contributed by atoms with E-state index >= 15 is 0 Å². The molecule has 0 amide bonds. The Hall–Kier alpha value is -2.49. The maximum Gasteiger partial charge on any atom is 0.340 e. The zero-order valence-electron chi connectivity index (χ0n) is 11.6. The second kappa shape index (κ2) is 6.10. The molecular weight excluding hydrogens is 254 g/mol. The predicted molar refractivity (Wildman–Crippen MR) is 77.7 cm³/mol. The molecule has 104 valence electrons. The predicted octanol–water partition coefficient (Wildman–Crippen LogP) is 2.94. The van der Waals surface area contributed by atoms with Crippen molar-refractivity contribution in [1.29, 1.82) is 0 Å². The van der Waals surface area contributed by atoms with Gasteiger partial charge in [0.1, 0.15) is 12.4 Å². The number of ether oxygens (including phenoxy) is 2. The van der Waals surface area contributed by atoms with E-state index in [1.807, 2.05) is 25.1 Å². The maximum atomic E-state index is 12.0. The normalized spacial score (nSPS) is 10.1. The lowest BCUT2D eigenvalue weighted by Crippen LogP contribution is -2.08. The molecule has 20 heavy (non-hydrogen) atoms. The number of rotatable bonds is 4. The lowest BCUT2D eigenvalue weighted by Gasteiger charge is -2.11. The molecule has 0 radical (unpaired) electrons. The van der Waals surface area contributed by atoms with Crippen LogP contribution in [-0.4, -0.2) is 13.1 Å². The monoisotopic (exact) mass is 271 g/mol. The van der Waals surface area contributed by atoms with Crippen LogP contribution in [0.5, 0.6) is 5.75 Å². The molecule has 0 aliphatic heterocycles. The van der Waals surface area contributed by atoms with Gasteiger partial charge in [0.05, 0.1) is 12.7 Å². The van der Waals surface area contributed by atoms with E-state index < -0.39 is 5.97 Å². The average molecular weight is 271 g/mol. The summed E-state index contributed by atoms with van der Waals surface area (Å²) in [5.74, 6) is 0.260. The summed E-state index contributed by atoms with van der Waals surface area (Å²) in [5, 5.41) is 0. The molecule has 0 aromatic heterocycles. The number of aryl methyl sites for hydroxylation is 1. The van der Waals surface area contributed by atoms with E-state index in [9.17, 15) is 4.79 Å². The van der Waals surface area contributed by atoms with E-state index in [2.05, 4.69) is 0 Å². The van der Waals surface area contributed by atoms with E-state index in [-0.39, 0.29) is 6.61 Å². The summed E-state index contributed by atoms with van der Waals surface area (Å²) in [6.07, 6.45) is 0. The smallest absolute Gasteiger partial charge is 0.340 e. The maximum absolute atomic E-state index is 12.0. The Kier molecular flexibility index (Phi) is 4.25. The van der Waals surface area contributed by atoms with Gasteiger partial charge in [0.25, 0.3) is 0 Å². The number of benzene rings is 2. The number of anilines is 1. The average Bonchev–Trinajstić information content (AvgIpc) is 2.45. The van der Waals surface area contributed by atoms with Crippen molar-refractivity contribution >= 4 is 11.7 Å². The van der Waals surface area contributed by atoms with Crippen LogP contribution < -0.4 is 10.5 Å². The van der Waals surface area contributed by atoms with Crippen LogP contribution in [0, 0.1) is 6.92 Å². The van der Waals surface area contributed by atoms with Gasteiger partial charge in [-0.1, -0.05) is 23.8 Å². The molecule has 0 atom stereocenters. The largest absolute Gasteiger partial charge is 0.496 e. The summed E-state index contributed by atoms with van der Waals surface area (Å²) in [7, 11) is 1.59. The fourth-order valence-electron chi connectivity index (χ4n) is 1.92. The Morgan fingerprint density at radius 1 is 1.20 bits per heavy atom. The minimum absolute atomic E-state index is 0.151. The van der Waals surface area contributed by atoms with Crippen molar-refractivity contribution < 1.29 is 14.3 Å². The number of para-hydroxylation sites is 1. The van der Waals surface area contributed by atoms with Gasteiger partial charge >= 0.3 is 5.97 Å². The van der Waals surface area contributed by atoms with Gasteiger partial charge in [-0.15, -0.1) is 0 Å². The second-order valence-corrected chi connectivity index (χ2v) is 4.48. The molecule has 0 bridgehead atoms. The second-order valence-electron chi connectivity index (χ2n) is 4.48. The molecule has 0 aliphatic rings. The molecule has 0 fully saturated rings. The molecule has 0 saturated carbocycles. The van der Waals surface area contributed by atoms with Gasteiger partial charge in [-0.05, 0) is 31.2 Å². The number of nitrogens with two attached hydrogens (primary N) is 1. The molecule has 0 unspecified atom stereocenters. The molecule has 2 aromatic carbocycles. The van der Waals surface area contributed by atoms with Crippen LogP contribution in [-0.2, 0) is 11.3 Å². The third kappa shape index (κ3) is 3.09. The van der Waals surface area contributed by atoms with Crippen molar-refractivity contribution in [3.63, 3.8) is 0 Å². The number of hydrogen-bond donors (Lipinski definition) is 1. The van der Waals surface area contributed by atoms with Gasteiger partial charge in [0.15, 0.2) is 0 Å². The van der Waals surface area contributed by atoms with E-state index in [4.69, 9.17) is 15.2 Å².